The Hall–Kier alpha value is -2.49. The third kappa shape index (κ3) is 5.65. The number of alkyl halides is 3. The molecule has 0 aliphatic carbocycles. The minimum absolute atomic E-state index is 0.101. The lowest BCUT2D eigenvalue weighted by Gasteiger charge is -2.13. The first kappa shape index (κ1) is 22.7. The molecule has 0 bridgehead atoms. The molecule has 10 heteroatoms. The second kappa shape index (κ2) is 9.56. The Kier molecular flexibility index (Phi) is 6.78. The fourth-order valence-corrected chi connectivity index (χ4v) is 4.94. The Bertz CT molecular complexity index is 1270. The Morgan fingerprint density at radius 2 is 1.72 bits per heavy atom. The maximum absolute atomic E-state index is 13.1. The molecule has 2 heterocycles. The van der Waals surface area contributed by atoms with Gasteiger partial charge in [0.05, 0.1) is 5.52 Å². The summed E-state index contributed by atoms with van der Waals surface area (Å²) in [6.07, 6.45) is -4.09. The van der Waals surface area contributed by atoms with Crippen molar-refractivity contribution in [2.24, 2.45) is 0 Å². The third-order valence-electron chi connectivity index (χ3n) is 4.59. The largest absolute Gasteiger partial charge is 0.573 e. The molecule has 0 atom stereocenters. The van der Waals surface area contributed by atoms with Crippen molar-refractivity contribution in [1.29, 1.82) is 0 Å². The molecule has 0 saturated heterocycles. The van der Waals surface area contributed by atoms with E-state index in [-0.39, 0.29) is 11.3 Å². The Balaban J connectivity index is 1.54. The average molecular weight is 497 g/mol. The zero-order chi connectivity index (χ0) is 22.7. The van der Waals surface area contributed by atoms with Gasteiger partial charge in [-0.1, -0.05) is 47.6 Å². The second-order valence-corrected chi connectivity index (χ2v) is 9.14. The fourth-order valence-electron chi connectivity index (χ4n) is 3.06. The summed E-state index contributed by atoms with van der Waals surface area (Å²) in [5.74, 6) is 0.166. The van der Waals surface area contributed by atoms with Gasteiger partial charge in [-0.25, -0.2) is 4.98 Å². The summed E-state index contributed by atoms with van der Waals surface area (Å²) in [5, 5.41) is 3.04. The summed E-state index contributed by atoms with van der Waals surface area (Å²) >= 11 is 8.66. The number of aromatic nitrogens is 2. The number of aryl methyl sites for hydroxylation is 1. The van der Waals surface area contributed by atoms with Crippen LogP contribution in [0.5, 0.6) is 5.75 Å². The van der Waals surface area contributed by atoms with Gasteiger partial charge >= 0.3 is 6.36 Å². The van der Waals surface area contributed by atoms with Crippen molar-refractivity contribution in [1.82, 2.24) is 9.55 Å². The lowest BCUT2D eigenvalue weighted by Crippen LogP contribution is -2.23. The first-order valence-corrected chi connectivity index (χ1v) is 11.7. The van der Waals surface area contributed by atoms with Crippen LogP contribution in [0.4, 0.5) is 13.2 Å². The van der Waals surface area contributed by atoms with E-state index in [0.717, 1.165) is 11.1 Å². The molecule has 4 rings (SSSR count). The first-order chi connectivity index (χ1) is 15.3. The van der Waals surface area contributed by atoms with Crippen LogP contribution in [0.2, 0.25) is 5.02 Å². The molecule has 0 radical (unpaired) electrons. The third-order valence-corrected chi connectivity index (χ3v) is 6.78. The van der Waals surface area contributed by atoms with Crippen LogP contribution in [0.25, 0.3) is 10.2 Å². The van der Waals surface area contributed by atoms with Crippen molar-refractivity contribution in [3.05, 3.63) is 86.5 Å². The summed E-state index contributed by atoms with van der Waals surface area (Å²) < 4.78 is 43.2. The minimum Gasteiger partial charge on any atom is -0.406 e. The van der Waals surface area contributed by atoms with Crippen LogP contribution < -0.4 is 10.3 Å². The molecule has 166 valence electrons. The number of rotatable bonds is 7. The highest BCUT2D eigenvalue weighted by atomic mass is 35.5. The maximum atomic E-state index is 13.1. The van der Waals surface area contributed by atoms with Crippen molar-refractivity contribution in [3.63, 3.8) is 0 Å². The molecular formula is C22H16ClF3N2O2S2. The quantitative estimate of drug-likeness (QED) is 0.215. The molecule has 2 aromatic heterocycles. The van der Waals surface area contributed by atoms with Gasteiger partial charge in [0, 0.05) is 17.3 Å². The predicted molar refractivity (Wildman–Crippen MR) is 122 cm³/mol. The molecule has 0 fully saturated rings. The van der Waals surface area contributed by atoms with Gasteiger partial charge in [0.2, 0.25) is 0 Å². The summed E-state index contributed by atoms with van der Waals surface area (Å²) in [6, 6.07) is 14.9. The molecule has 0 N–H and O–H groups in total. The second-order valence-electron chi connectivity index (χ2n) is 6.84. The molecule has 0 unspecified atom stereocenters. The molecule has 0 amide bonds. The van der Waals surface area contributed by atoms with Crippen LogP contribution in [0.1, 0.15) is 11.1 Å². The molecule has 0 aliphatic rings. The van der Waals surface area contributed by atoms with Gasteiger partial charge in [-0.15, -0.1) is 24.5 Å². The van der Waals surface area contributed by atoms with Crippen molar-refractivity contribution in [2.45, 2.75) is 30.2 Å². The Labute approximate surface area is 194 Å². The van der Waals surface area contributed by atoms with Gasteiger partial charge in [-0.05, 0) is 53.3 Å². The van der Waals surface area contributed by atoms with E-state index in [1.54, 1.807) is 22.8 Å². The monoisotopic (exact) mass is 496 g/mol. The van der Waals surface area contributed by atoms with E-state index >= 15 is 0 Å². The summed E-state index contributed by atoms with van der Waals surface area (Å²) in [6.45, 7) is 0.446. The zero-order valence-electron chi connectivity index (χ0n) is 16.4. The highest BCUT2D eigenvalue weighted by Gasteiger charge is 2.30. The molecule has 32 heavy (non-hydrogen) atoms. The Morgan fingerprint density at radius 1 is 1.03 bits per heavy atom. The van der Waals surface area contributed by atoms with Crippen molar-refractivity contribution >= 4 is 44.9 Å². The number of hydrogen-bond acceptors (Lipinski definition) is 5. The molecule has 4 nitrogen and oxygen atoms in total. The fraction of sp³-hybridized carbons (Fsp3) is 0.182. The topological polar surface area (TPSA) is 44.1 Å². The lowest BCUT2D eigenvalue weighted by atomic mass is 10.1. The number of nitrogens with zero attached hydrogens (tertiary/aromatic N) is 2. The molecule has 0 aliphatic heterocycles. The van der Waals surface area contributed by atoms with E-state index in [2.05, 4.69) is 9.72 Å². The molecule has 2 aromatic carbocycles. The van der Waals surface area contributed by atoms with Crippen LogP contribution in [0.3, 0.4) is 0 Å². The molecule has 0 spiro atoms. The van der Waals surface area contributed by atoms with E-state index in [0.29, 0.717) is 39.1 Å². The summed E-state index contributed by atoms with van der Waals surface area (Å²) in [5.41, 5.74) is 2.37. The van der Waals surface area contributed by atoms with Crippen LogP contribution in [0, 0.1) is 0 Å². The number of fused-ring (bicyclic) bond motifs is 1. The van der Waals surface area contributed by atoms with Crippen molar-refractivity contribution < 1.29 is 17.9 Å². The standard InChI is InChI=1S/C22H16ClF3N2O2S2/c23-16-5-1-14(2-6-16)9-11-28-20(29)19-18(10-12-31-19)27-21(28)32-13-15-3-7-17(8-4-15)30-22(24,25)26/h1-8,10,12H,9,11,13H2. The SMILES string of the molecule is O=c1c2sccc2nc(SCc2ccc(OC(F)(F)F)cc2)n1CCc1ccc(Cl)cc1. The molecular weight excluding hydrogens is 481 g/mol. The number of thioether (sulfide) groups is 1. The van der Waals surface area contributed by atoms with E-state index in [4.69, 9.17) is 11.6 Å². The van der Waals surface area contributed by atoms with Crippen LogP contribution in [-0.2, 0) is 18.7 Å². The normalized spacial score (nSPS) is 11.8. The Morgan fingerprint density at radius 3 is 2.41 bits per heavy atom. The highest BCUT2D eigenvalue weighted by molar-refractivity contribution is 7.98. The summed E-state index contributed by atoms with van der Waals surface area (Å²) in [4.78, 5) is 17.7. The molecule has 0 saturated carbocycles. The van der Waals surface area contributed by atoms with Gasteiger partial charge < -0.3 is 4.74 Å². The number of ether oxygens (including phenoxy) is 1. The van der Waals surface area contributed by atoms with Gasteiger partial charge in [0.25, 0.3) is 5.56 Å². The predicted octanol–water partition coefficient (Wildman–Crippen LogP) is 6.55. The van der Waals surface area contributed by atoms with Gasteiger partial charge in [0.15, 0.2) is 5.16 Å². The summed E-state index contributed by atoms with van der Waals surface area (Å²) in [7, 11) is 0. The first-order valence-electron chi connectivity index (χ1n) is 9.48. The van der Waals surface area contributed by atoms with Crippen molar-refractivity contribution in [3.8, 4) is 5.75 Å². The number of hydrogen-bond donors (Lipinski definition) is 0. The number of benzene rings is 2. The number of halogens is 4. The van der Waals surface area contributed by atoms with E-state index in [1.165, 1.54) is 35.2 Å². The zero-order valence-corrected chi connectivity index (χ0v) is 18.8. The van der Waals surface area contributed by atoms with Gasteiger partial charge in [-0.3, -0.25) is 9.36 Å². The maximum Gasteiger partial charge on any atom is 0.573 e. The average Bonchev–Trinajstić information content (AvgIpc) is 3.22. The number of thiophene rings is 1. The minimum atomic E-state index is -4.73. The molecule has 4 aromatic rings. The van der Waals surface area contributed by atoms with E-state index in [1.807, 2.05) is 29.6 Å². The smallest absolute Gasteiger partial charge is 0.406 e. The lowest BCUT2D eigenvalue weighted by molar-refractivity contribution is -0.274. The van der Waals surface area contributed by atoms with Crippen LogP contribution in [-0.4, -0.2) is 15.9 Å². The van der Waals surface area contributed by atoms with E-state index in [9.17, 15) is 18.0 Å². The van der Waals surface area contributed by atoms with Crippen LogP contribution >= 0.6 is 34.7 Å². The van der Waals surface area contributed by atoms with E-state index < -0.39 is 6.36 Å². The van der Waals surface area contributed by atoms with Crippen LogP contribution in [0.15, 0.2) is 69.9 Å². The van der Waals surface area contributed by atoms with Crippen molar-refractivity contribution in [2.75, 3.05) is 0 Å². The van der Waals surface area contributed by atoms with Gasteiger partial charge in [-0.2, -0.15) is 0 Å². The van der Waals surface area contributed by atoms with Gasteiger partial charge in [0.1, 0.15) is 10.4 Å². The highest BCUT2D eigenvalue weighted by Crippen LogP contribution is 2.27.